The van der Waals surface area contributed by atoms with E-state index < -0.39 is 6.10 Å². The highest BCUT2D eigenvalue weighted by atomic mass is 32.1. The molecular weight excluding hydrogens is 374 g/mol. The summed E-state index contributed by atoms with van der Waals surface area (Å²) in [5, 5.41) is 14.9. The van der Waals surface area contributed by atoms with Crippen LogP contribution in [0.15, 0.2) is 36.7 Å². The quantitative estimate of drug-likeness (QED) is 0.623. The highest BCUT2D eigenvalue weighted by molar-refractivity contribution is 7.15. The van der Waals surface area contributed by atoms with E-state index in [1.807, 2.05) is 38.4 Å². The van der Waals surface area contributed by atoms with Crippen molar-refractivity contribution in [1.29, 1.82) is 0 Å². The maximum absolute atomic E-state index is 11.6. The number of carbonyl (C=O) groups excluding carboxylic acids is 1. The van der Waals surface area contributed by atoms with E-state index in [-0.39, 0.29) is 12.6 Å². The number of ether oxygens (including phenoxy) is 1. The summed E-state index contributed by atoms with van der Waals surface area (Å²) in [6.45, 7) is 5.20. The van der Waals surface area contributed by atoms with E-state index in [1.165, 1.54) is 0 Å². The molecule has 1 atom stereocenters. The molecule has 0 saturated heterocycles. The highest BCUT2D eigenvalue weighted by Crippen LogP contribution is 2.29. The Morgan fingerprint density at radius 2 is 2.07 bits per heavy atom. The number of esters is 1. The fourth-order valence-electron chi connectivity index (χ4n) is 3.35. The average molecular weight is 395 g/mol. The summed E-state index contributed by atoms with van der Waals surface area (Å²) >= 11 is 1.62. The fraction of sp³-hybridized carbons (Fsp3) is 0.286. The van der Waals surface area contributed by atoms with Gasteiger partial charge in [-0.15, -0.1) is 11.3 Å². The molecule has 1 aromatic carbocycles. The third-order valence-corrected chi connectivity index (χ3v) is 5.87. The fourth-order valence-corrected chi connectivity index (χ4v) is 4.10. The summed E-state index contributed by atoms with van der Waals surface area (Å²) in [4.78, 5) is 21.5. The zero-order valence-corrected chi connectivity index (χ0v) is 16.5. The molecule has 0 aliphatic carbocycles. The van der Waals surface area contributed by atoms with E-state index >= 15 is 0 Å². The van der Waals surface area contributed by atoms with Gasteiger partial charge >= 0.3 is 5.97 Å². The summed E-state index contributed by atoms with van der Waals surface area (Å²) in [6, 6.07) is 7.56. The van der Waals surface area contributed by atoms with Gasteiger partial charge in [0.1, 0.15) is 6.61 Å². The molecule has 0 unspecified atom stereocenters. The Hall–Kier alpha value is -2.61. The summed E-state index contributed by atoms with van der Waals surface area (Å²) < 4.78 is 5.07. The first kappa shape index (κ1) is 18.7. The first-order valence-electron chi connectivity index (χ1n) is 9.09. The van der Waals surface area contributed by atoms with Gasteiger partial charge in [0.2, 0.25) is 0 Å². The summed E-state index contributed by atoms with van der Waals surface area (Å²) in [5.41, 5.74) is 5.17. The van der Waals surface area contributed by atoms with Gasteiger partial charge in [-0.2, -0.15) is 0 Å². The Bertz CT molecular complexity index is 1010. The van der Waals surface area contributed by atoms with Crippen molar-refractivity contribution in [2.75, 3.05) is 6.54 Å². The van der Waals surface area contributed by atoms with Crippen molar-refractivity contribution in [2.24, 2.45) is 0 Å². The van der Waals surface area contributed by atoms with E-state index in [4.69, 9.17) is 4.74 Å². The van der Waals surface area contributed by atoms with Crippen LogP contribution in [0.2, 0.25) is 0 Å². The molecule has 3 aromatic rings. The summed E-state index contributed by atoms with van der Waals surface area (Å²) in [6.07, 6.45) is 3.02. The van der Waals surface area contributed by atoms with E-state index in [1.54, 1.807) is 23.5 Å². The van der Waals surface area contributed by atoms with Crippen molar-refractivity contribution in [1.82, 2.24) is 15.3 Å². The first-order chi connectivity index (χ1) is 13.5. The largest absolute Gasteiger partial charge is 0.457 e. The van der Waals surface area contributed by atoms with Gasteiger partial charge in [0, 0.05) is 31.0 Å². The normalized spacial score (nSPS) is 14.0. The molecule has 144 valence electrons. The lowest BCUT2D eigenvalue weighted by Crippen LogP contribution is -2.22. The van der Waals surface area contributed by atoms with E-state index in [9.17, 15) is 9.90 Å². The Kier molecular flexibility index (Phi) is 5.21. The number of hydrogen-bond acceptors (Lipinski definition) is 7. The molecule has 0 saturated carbocycles. The van der Waals surface area contributed by atoms with Crippen LogP contribution in [0.5, 0.6) is 0 Å². The van der Waals surface area contributed by atoms with Gasteiger partial charge in [0.25, 0.3) is 0 Å². The molecule has 4 rings (SSSR count). The second kappa shape index (κ2) is 7.79. The SMILES string of the molecule is Cc1ncc(-c2ccc(CNC[C@H](O)c3ccc4c(c3C)COC4=O)cn2)s1. The number of thiazole rings is 1. The Labute approximate surface area is 167 Å². The topological polar surface area (TPSA) is 84.3 Å². The number of pyridine rings is 1. The zero-order valence-electron chi connectivity index (χ0n) is 15.7. The number of nitrogens with zero attached hydrogens (tertiary/aromatic N) is 2. The van der Waals surface area contributed by atoms with E-state index in [0.29, 0.717) is 18.7 Å². The van der Waals surface area contributed by atoms with Crippen LogP contribution in [0.1, 0.15) is 43.7 Å². The van der Waals surface area contributed by atoms with Crippen LogP contribution in [0.3, 0.4) is 0 Å². The van der Waals surface area contributed by atoms with Gasteiger partial charge in [-0.3, -0.25) is 4.98 Å². The number of aromatic nitrogens is 2. The minimum atomic E-state index is -0.659. The molecule has 3 heterocycles. The lowest BCUT2D eigenvalue weighted by Gasteiger charge is -2.16. The van der Waals surface area contributed by atoms with Gasteiger partial charge in [0.05, 0.1) is 27.2 Å². The Balaban J connectivity index is 1.36. The molecule has 1 aliphatic heterocycles. The van der Waals surface area contributed by atoms with Gasteiger partial charge in [-0.05, 0) is 42.7 Å². The monoisotopic (exact) mass is 395 g/mol. The van der Waals surface area contributed by atoms with Crippen LogP contribution in [0.4, 0.5) is 0 Å². The van der Waals surface area contributed by atoms with Crippen LogP contribution in [0.25, 0.3) is 10.6 Å². The number of carbonyl (C=O) groups is 1. The van der Waals surface area contributed by atoms with E-state index in [2.05, 4.69) is 15.3 Å². The van der Waals surface area contributed by atoms with Gasteiger partial charge in [-0.25, -0.2) is 9.78 Å². The highest BCUT2D eigenvalue weighted by Gasteiger charge is 2.25. The van der Waals surface area contributed by atoms with Crippen molar-refractivity contribution >= 4 is 17.3 Å². The minimum absolute atomic E-state index is 0.283. The number of cyclic esters (lactones) is 1. The molecule has 2 aromatic heterocycles. The predicted octanol–water partition coefficient (Wildman–Crippen LogP) is 3.32. The molecule has 1 aliphatic rings. The minimum Gasteiger partial charge on any atom is -0.457 e. The van der Waals surface area contributed by atoms with Crippen molar-refractivity contribution < 1.29 is 14.6 Å². The smallest absolute Gasteiger partial charge is 0.338 e. The summed E-state index contributed by atoms with van der Waals surface area (Å²) in [5.74, 6) is -0.290. The maximum Gasteiger partial charge on any atom is 0.338 e. The average Bonchev–Trinajstić information content (AvgIpc) is 3.29. The number of rotatable bonds is 6. The molecule has 7 heteroatoms. The second-order valence-electron chi connectivity index (χ2n) is 6.82. The second-order valence-corrected chi connectivity index (χ2v) is 8.06. The van der Waals surface area contributed by atoms with Crippen LogP contribution < -0.4 is 5.32 Å². The molecule has 6 nitrogen and oxygen atoms in total. The Morgan fingerprint density at radius 1 is 1.21 bits per heavy atom. The molecule has 0 amide bonds. The molecular formula is C21H21N3O3S. The Morgan fingerprint density at radius 3 is 2.79 bits per heavy atom. The third-order valence-electron chi connectivity index (χ3n) is 4.93. The van der Waals surface area contributed by atoms with Crippen LogP contribution >= 0.6 is 11.3 Å². The number of aryl methyl sites for hydroxylation is 1. The van der Waals surface area contributed by atoms with Crippen molar-refractivity contribution in [2.45, 2.75) is 33.1 Å². The van der Waals surface area contributed by atoms with Gasteiger partial charge < -0.3 is 15.2 Å². The maximum atomic E-state index is 11.6. The number of fused-ring (bicyclic) bond motifs is 1. The lowest BCUT2D eigenvalue weighted by molar-refractivity contribution is 0.0535. The molecule has 28 heavy (non-hydrogen) atoms. The van der Waals surface area contributed by atoms with Crippen LogP contribution in [-0.2, 0) is 17.9 Å². The molecule has 0 radical (unpaired) electrons. The molecule has 2 N–H and O–H groups in total. The third kappa shape index (κ3) is 3.69. The number of aliphatic hydroxyl groups is 1. The molecule has 0 spiro atoms. The lowest BCUT2D eigenvalue weighted by atomic mass is 9.95. The van der Waals surface area contributed by atoms with Crippen LogP contribution in [0, 0.1) is 13.8 Å². The number of benzene rings is 1. The zero-order chi connectivity index (χ0) is 19.7. The van der Waals surface area contributed by atoms with Crippen molar-refractivity contribution in [3.05, 3.63) is 69.5 Å². The predicted molar refractivity (Wildman–Crippen MR) is 107 cm³/mol. The first-order valence-corrected chi connectivity index (χ1v) is 9.90. The summed E-state index contributed by atoms with van der Waals surface area (Å²) in [7, 11) is 0. The van der Waals surface area contributed by atoms with Crippen molar-refractivity contribution in [3.63, 3.8) is 0 Å². The number of hydrogen-bond donors (Lipinski definition) is 2. The molecule has 0 bridgehead atoms. The van der Waals surface area contributed by atoms with Crippen molar-refractivity contribution in [3.8, 4) is 10.6 Å². The van der Waals surface area contributed by atoms with Gasteiger partial charge in [-0.1, -0.05) is 12.1 Å². The van der Waals surface area contributed by atoms with E-state index in [0.717, 1.165) is 37.8 Å². The number of aliphatic hydroxyl groups excluding tert-OH is 1. The molecule has 0 fully saturated rings. The standard InChI is InChI=1S/C21H21N3O3S/c1-12-15(4-5-16-17(12)11-27-21(16)26)19(25)9-22-7-14-3-6-18(24-8-14)20-10-23-13(2)28-20/h3-6,8,10,19,22,25H,7,9,11H2,1-2H3/t19-/m0/s1. The van der Waals surface area contributed by atoms with Crippen LogP contribution in [-0.4, -0.2) is 27.6 Å². The number of nitrogens with one attached hydrogen (secondary N) is 1. The van der Waals surface area contributed by atoms with Gasteiger partial charge in [0.15, 0.2) is 0 Å².